The Labute approximate surface area is 102 Å². The molecule has 0 aliphatic rings. The zero-order valence-corrected chi connectivity index (χ0v) is 9.62. The molecule has 0 unspecified atom stereocenters. The van der Waals surface area contributed by atoms with Gasteiger partial charge in [-0.05, 0) is 0 Å². The fourth-order valence-electron chi connectivity index (χ4n) is 1.22. The van der Waals surface area contributed by atoms with Crippen molar-refractivity contribution < 1.29 is 0 Å². The van der Waals surface area contributed by atoms with Crippen molar-refractivity contribution in [1.82, 2.24) is 29.9 Å². The van der Waals surface area contributed by atoms with Gasteiger partial charge in [0, 0.05) is 6.42 Å². The first kappa shape index (κ1) is 11.7. The Bertz CT molecular complexity index is 548. The maximum Gasteiger partial charge on any atom is 0.236 e. The molecule has 0 atom stereocenters. The molecule has 0 aromatic carbocycles. The van der Waals surface area contributed by atoms with Crippen molar-refractivity contribution in [3.05, 3.63) is 5.82 Å². The van der Waals surface area contributed by atoms with Gasteiger partial charge in [-0.3, -0.25) is 5.32 Å². The highest BCUT2D eigenvalue weighted by Crippen LogP contribution is 2.10. The summed E-state index contributed by atoms with van der Waals surface area (Å²) in [6.45, 7) is 1.90. The van der Waals surface area contributed by atoms with Crippen molar-refractivity contribution in [3.8, 4) is 0 Å². The van der Waals surface area contributed by atoms with Gasteiger partial charge < -0.3 is 17.2 Å². The number of aromatic nitrogens is 6. The standard InChI is InChI=1S/C8H12N10/c1-2-3-12-4(9)15-7(13-3)18-8-16-5(10)14-6(11)17-8/h2H2,1H3,(H7,9,10,11,12,13,14,15,16,17,18). The number of nitrogens with two attached hydrogens (primary N) is 3. The van der Waals surface area contributed by atoms with Gasteiger partial charge in [-0.2, -0.15) is 29.9 Å². The van der Waals surface area contributed by atoms with Gasteiger partial charge in [-0.15, -0.1) is 0 Å². The number of anilines is 5. The average molecular weight is 248 g/mol. The summed E-state index contributed by atoms with van der Waals surface area (Å²) in [6.07, 6.45) is 0.628. The van der Waals surface area contributed by atoms with Crippen LogP contribution in [0.5, 0.6) is 0 Å². The van der Waals surface area contributed by atoms with E-state index in [0.717, 1.165) is 0 Å². The molecule has 0 saturated carbocycles. The van der Waals surface area contributed by atoms with Crippen LogP contribution in [0.15, 0.2) is 0 Å². The number of hydrogen-bond donors (Lipinski definition) is 4. The lowest BCUT2D eigenvalue weighted by Gasteiger charge is -2.05. The molecule has 10 nitrogen and oxygen atoms in total. The number of nitrogen functional groups attached to an aromatic ring is 3. The van der Waals surface area contributed by atoms with Crippen LogP contribution in [0.1, 0.15) is 12.7 Å². The van der Waals surface area contributed by atoms with Crippen molar-refractivity contribution in [2.75, 3.05) is 22.5 Å². The molecule has 2 rings (SSSR count). The first-order valence-electron chi connectivity index (χ1n) is 5.11. The van der Waals surface area contributed by atoms with Gasteiger partial charge in [0.15, 0.2) is 0 Å². The van der Waals surface area contributed by atoms with E-state index in [0.29, 0.717) is 12.2 Å². The van der Waals surface area contributed by atoms with Crippen LogP contribution in [0, 0.1) is 0 Å². The van der Waals surface area contributed by atoms with Gasteiger partial charge in [-0.1, -0.05) is 6.92 Å². The second-order valence-electron chi connectivity index (χ2n) is 3.29. The summed E-state index contributed by atoms with van der Waals surface area (Å²) in [5.41, 5.74) is 16.4. The van der Waals surface area contributed by atoms with Crippen LogP contribution in [0.25, 0.3) is 0 Å². The van der Waals surface area contributed by atoms with E-state index in [1.165, 1.54) is 0 Å². The van der Waals surface area contributed by atoms with Crippen LogP contribution in [-0.2, 0) is 6.42 Å². The van der Waals surface area contributed by atoms with Crippen LogP contribution in [0.2, 0.25) is 0 Å². The minimum Gasteiger partial charge on any atom is -0.368 e. The Hall–Kier alpha value is -2.78. The molecule has 94 valence electrons. The second kappa shape index (κ2) is 4.61. The highest BCUT2D eigenvalue weighted by Gasteiger charge is 2.06. The first-order chi connectivity index (χ1) is 8.56. The van der Waals surface area contributed by atoms with Crippen molar-refractivity contribution in [1.29, 1.82) is 0 Å². The van der Waals surface area contributed by atoms with E-state index in [9.17, 15) is 0 Å². The first-order valence-corrected chi connectivity index (χ1v) is 5.11. The maximum atomic E-state index is 5.54. The molecule has 0 saturated heterocycles. The smallest absolute Gasteiger partial charge is 0.236 e. The topological polar surface area (TPSA) is 167 Å². The molecule has 0 radical (unpaired) electrons. The van der Waals surface area contributed by atoms with Crippen LogP contribution in [-0.4, -0.2) is 29.9 Å². The predicted octanol–water partition coefficient (Wildman–Crippen LogP) is -0.891. The lowest BCUT2D eigenvalue weighted by Crippen LogP contribution is -2.10. The minimum atomic E-state index is 0.00254. The summed E-state index contributed by atoms with van der Waals surface area (Å²) in [6, 6.07) is 0. The average Bonchev–Trinajstić information content (AvgIpc) is 2.26. The molecule has 0 amide bonds. The molecular formula is C8H12N10. The van der Waals surface area contributed by atoms with E-state index in [4.69, 9.17) is 17.2 Å². The van der Waals surface area contributed by atoms with Crippen LogP contribution >= 0.6 is 0 Å². The van der Waals surface area contributed by atoms with Crippen LogP contribution in [0.3, 0.4) is 0 Å². The number of nitrogens with one attached hydrogen (secondary N) is 1. The molecule has 0 bridgehead atoms. The molecule has 0 aliphatic carbocycles. The van der Waals surface area contributed by atoms with Crippen molar-refractivity contribution in [3.63, 3.8) is 0 Å². The number of nitrogens with zero attached hydrogens (tertiary/aromatic N) is 6. The Balaban J connectivity index is 2.30. The van der Waals surface area contributed by atoms with Crippen LogP contribution in [0.4, 0.5) is 29.7 Å². The molecule has 2 aromatic rings. The Morgan fingerprint density at radius 3 is 1.83 bits per heavy atom. The monoisotopic (exact) mass is 248 g/mol. The summed E-state index contributed by atoms with van der Waals surface area (Å²) in [4.78, 5) is 23.3. The Morgan fingerprint density at radius 2 is 1.28 bits per heavy atom. The van der Waals surface area contributed by atoms with Crippen molar-refractivity contribution in [2.24, 2.45) is 0 Å². The van der Waals surface area contributed by atoms with E-state index < -0.39 is 0 Å². The van der Waals surface area contributed by atoms with Gasteiger partial charge in [-0.25, -0.2) is 0 Å². The highest BCUT2D eigenvalue weighted by molar-refractivity contribution is 5.47. The van der Waals surface area contributed by atoms with Crippen molar-refractivity contribution in [2.45, 2.75) is 13.3 Å². The number of aryl methyl sites for hydroxylation is 1. The Morgan fingerprint density at radius 1 is 0.778 bits per heavy atom. The number of rotatable bonds is 3. The van der Waals surface area contributed by atoms with E-state index in [1.807, 2.05) is 6.92 Å². The minimum absolute atomic E-state index is 0.00254. The normalized spacial score (nSPS) is 10.3. The lowest BCUT2D eigenvalue weighted by atomic mass is 10.4. The molecule has 2 heterocycles. The quantitative estimate of drug-likeness (QED) is 0.534. The molecule has 10 heteroatoms. The molecular weight excluding hydrogens is 236 g/mol. The Kier molecular flexibility index (Phi) is 3.00. The van der Waals surface area contributed by atoms with E-state index in [-0.39, 0.29) is 29.7 Å². The van der Waals surface area contributed by atoms with Gasteiger partial charge in [0.2, 0.25) is 29.7 Å². The van der Waals surface area contributed by atoms with Gasteiger partial charge in [0.05, 0.1) is 0 Å². The fourth-order valence-corrected chi connectivity index (χ4v) is 1.22. The molecule has 0 spiro atoms. The number of hydrogen-bond acceptors (Lipinski definition) is 10. The zero-order valence-electron chi connectivity index (χ0n) is 9.62. The highest BCUT2D eigenvalue weighted by atomic mass is 15.3. The second-order valence-corrected chi connectivity index (χ2v) is 3.29. The predicted molar refractivity (Wildman–Crippen MR) is 65.6 cm³/mol. The fraction of sp³-hybridized carbons (Fsp3) is 0.250. The molecule has 0 fully saturated rings. The maximum absolute atomic E-state index is 5.54. The van der Waals surface area contributed by atoms with E-state index in [2.05, 4.69) is 35.2 Å². The third-order valence-corrected chi connectivity index (χ3v) is 1.91. The molecule has 18 heavy (non-hydrogen) atoms. The van der Waals surface area contributed by atoms with Gasteiger partial charge >= 0.3 is 0 Å². The zero-order chi connectivity index (χ0) is 13.1. The molecule has 0 aliphatic heterocycles. The van der Waals surface area contributed by atoms with Crippen LogP contribution < -0.4 is 22.5 Å². The molecule has 2 aromatic heterocycles. The van der Waals surface area contributed by atoms with Gasteiger partial charge in [0.1, 0.15) is 5.82 Å². The molecule has 7 N–H and O–H groups in total. The van der Waals surface area contributed by atoms with Crippen molar-refractivity contribution >= 4 is 29.7 Å². The van der Waals surface area contributed by atoms with E-state index in [1.54, 1.807) is 0 Å². The SMILES string of the molecule is CCc1nc(N)nc(Nc2nc(N)nc(N)n2)n1. The third-order valence-electron chi connectivity index (χ3n) is 1.91. The summed E-state index contributed by atoms with van der Waals surface area (Å²) in [5, 5.41) is 2.74. The summed E-state index contributed by atoms with van der Waals surface area (Å²) < 4.78 is 0. The summed E-state index contributed by atoms with van der Waals surface area (Å²) >= 11 is 0. The largest absolute Gasteiger partial charge is 0.368 e. The summed E-state index contributed by atoms with van der Waals surface area (Å²) in [7, 11) is 0. The lowest BCUT2D eigenvalue weighted by molar-refractivity contribution is 0.909. The van der Waals surface area contributed by atoms with E-state index >= 15 is 0 Å². The third kappa shape index (κ3) is 2.66. The summed E-state index contributed by atoms with van der Waals surface area (Å²) in [5.74, 6) is 1.04. The van der Waals surface area contributed by atoms with Gasteiger partial charge in [0.25, 0.3) is 0 Å².